The Morgan fingerprint density at radius 2 is 1.96 bits per heavy atom. The Bertz CT molecular complexity index is 806. The first-order valence-electron chi connectivity index (χ1n) is 7.69. The Morgan fingerprint density at radius 1 is 1.20 bits per heavy atom. The minimum absolute atomic E-state index is 0. The summed E-state index contributed by atoms with van der Waals surface area (Å²) in [5.74, 6) is 0.831. The summed E-state index contributed by atoms with van der Waals surface area (Å²) in [6.07, 6.45) is 2.59. The summed E-state index contributed by atoms with van der Waals surface area (Å²) in [4.78, 5) is 10.9. The third-order valence-electron chi connectivity index (χ3n) is 3.82. The predicted octanol–water partition coefficient (Wildman–Crippen LogP) is -0.111. The van der Waals surface area contributed by atoms with Gasteiger partial charge in [0.15, 0.2) is 12.0 Å². The van der Waals surface area contributed by atoms with Gasteiger partial charge in [-0.25, -0.2) is 0 Å². The molecular formula is C19H18BrClN2O2. The van der Waals surface area contributed by atoms with E-state index in [0.29, 0.717) is 18.9 Å². The molecule has 6 heteroatoms. The number of rotatable bonds is 6. The van der Waals surface area contributed by atoms with Gasteiger partial charge in [-0.1, -0.05) is 51.4 Å². The van der Waals surface area contributed by atoms with E-state index in [9.17, 15) is 4.79 Å². The van der Waals surface area contributed by atoms with Gasteiger partial charge in [0.25, 0.3) is 0 Å². The van der Waals surface area contributed by atoms with Gasteiger partial charge in [-0.05, 0) is 23.8 Å². The van der Waals surface area contributed by atoms with Gasteiger partial charge in [0.1, 0.15) is 24.6 Å². The first kappa shape index (κ1) is 19.4. The molecule has 0 saturated heterocycles. The third-order valence-corrected chi connectivity index (χ3v) is 4.32. The molecule has 0 aromatic heterocycles. The number of carbonyl (C=O) groups excluding carboxylic acids is 1. The van der Waals surface area contributed by atoms with Crippen molar-refractivity contribution in [3.05, 3.63) is 75.9 Å². The van der Waals surface area contributed by atoms with Crippen LogP contribution < -0.4 is 22.2 Å². The molecule has 1 N–H and O–H groups in total. The van der Waals surface area contributed by atoms with E-state index >= 15 is 0 Å². The first-order chi connectivity index (χ1) is 11.7. The number of halogens is 2. The molecule has 1 heterocycles. The van der Waals surface area contributed by atoms with Gasteiger partial charge in [0, 0.05) is 17.5 Å². The molecule has 4 nitrogen and oxygen atoms in total. The summed E-state index contributed by atoms with van der Waals surface area (Å²) in [7, 11) is 0. The van der Waals surface area contributed by atoms with Gasteiger partial charge in [0.05, 0.1) is 5.56 Å². The zero-order valence-corrected chi connectivity index (χ0v) is 16.0. The highest BCUT2D eigenvalue weighted by molar-refractivity contribution is 9.10. The summed E-state index contributed by atoms with van der Waals surface area (Å²) in [5.41, 5.74) is 3.66. The minimum Gasteiger partial charge on any atom is -1.00 e. The molecule has 1 aliphatic rings. The highest BCUT2D eigenvalue weighted by Crippen LogP contribution is 2.24. The minimum atomic E-state index is 0. The van der Waals surface area contributed by atoms with E-state index in [1.54, 1.807) is 0 Å². The largest absolute Gasteiger partial charge is 1.00 e. The molecule has 3 rings (SSSR count). The smallest absolute Gasteiger partial charge is 0.174 e. The van der Waals surface area contributed by atoms with E-state index < -0.39 is 0 Å². The average Bonchev–Trinajstić information content (AvgIpc) is 2.95. The van der Waals surface area contributed by atoms with Gasteiger partial charge in [-0.3, -0.25) is 4.79 Å². The van der Waals surface area contributed by atoms with Crippen molar-refractivity contribution in [2.45, 2.75) is 20.1 Å². The number of allylic oxidation sites excluding steroid dienone is 2. The highest BCUT2D eigenvalue weighted by Gasteiger charge is 2.22. The van der Waals surface area contributed by atoms with Crippen LogP contribution in [0.3, 0.4) is 0 Å². The number of quaternary nitrogens is 1. The maximum Gasteiger partial charge on any atom is 0.174 e. The second kappa shape index (κ2) is 8.94. The van der Waals surface area contributed by atoms with Crippen LogP contribution in [0.15, 0.2) is 69.9 Å². The fourth-order valence-corrected chi connectivity index (χ4v) is 2.97. The van der Waals surface area contributed by atoms with Crippen molar-refractivity contribution < 1.29 is 26.9 Å². The van der Waals surface area contributed by atoms with Crippen molar-refractivity contribution in [1.82, 2.24) is 0 Å². The summed E-state index contributed by atoms with van der Waals surface area (Å²) in [6.45, 7) is 3.11. The predicted molar refractivity (Wildman–Crippen MR) is 96.8 cm³/mol. The van der Waals surface area contributed by atoms with Gasteiger partial charge in [-0.15, -0.1) is 0 Å². The molecule has 130 valence electrons. The zero-order valence-electron chi connectivity index (χ0n) is 13.7. The lowest BCUT2D eigenvalue weighted by Gasteiger charge is -2.14. The Kier molecular flexibility index (Phi) is 6.93. The van der Waals surface area contributed by atoms with Crippen molar-refractivity contribution in [1.29, 1.82) is 0 Å². The van der Waals surface area contributed by atoms with Crippen molar-refractivity contribution in [2.75, 3.05) is 0 Å². The lowest BCUT2D eigenvalue weighted by molar-refractivity contribution is -0.879. The van der Waals surface area contributed by atoms with Crippen molar-refractivity contribution >= 4 is 27.9 Å². The van der Waals surface area contributed by atoms with Gasteiger partial charge in [0.2, 0.25) is 0 Å². The van der Waals surface area contributed by atoms with Crippen LogP contribution in [0.25, 0.3) is 0 Å². The fourth-order valence-electron chi connectivity index (χ4n) is 2.56. The summed E-state index contributed by atoms with van der Waals surface area (Å²) < 4.78 is 7.00. The summed E-state index contributed by atoms with van der Waals surface area (Å²) in [6, 6.07) is 16.0. The number of hydrogen-bond donors (Lipinski definition) is 1. The molecular weight excluding hydrogens is 404 g/mol. The molecule has 25 heavy (non-hydrogen) atoms. The molecule has 2 aromatic carbocycles. The number of ether oxygens (including phenoxy) is 1. The van der Waals surface area contributed by atoms with Gasteiger partial charge in [-0.2, -0.15) is 5.01 Å². The average molecular weight is 422 g/mol. The van der Waals surface area contributed by atoms with Crippen LogP contribution in [0, 0.1) is 0 Å². The van der Waals surface area contributed by atoms with Crippen LogP contribution in [0.5, 0.6) is 5.75 Å². The van der Waals surface area contributed by atoms with Crippen LogP contribution in [0.2, 0.25) is 0 Å². The summed E-state index contributed by atoms with van der Waals surface area (Å²) >= 11 is 3.51. The van der Waals surface area contributed by atoms with Crippen molar-refractivity contribution in [2.24, 2.45) is 5.10 Å². The number of benzene rings is 2. The highest BCUT2D eigenvalue weighted by atomic mass is 79.9. The molecule has 1 unspecified atom stereocenters. The molecule has 0 spiro atoms. The molecule has 2 aromatic rings. The van der Waals surface area contributed by atoms with Crippen molar-refractivity contribution in [3.63, 3.8) is 0 Å². The van der Waals surface area contributed by atoms with Crippen LogP contribution in [-0.2, 0) is 17.9 Å². The van der Waals surface area contributed by atoms with Crippen LogP contribution in [-0.4, -0.2) is 12.0 Å². The number of aldehydes is 1. The molecule has 0 amide bonds. The maximum absolute atomic E-state index is 10.9. The van der Waals surface area contributed by atoms with Crippen LogP contribution in [0.4, 0.5) is 0 Å². The zero-order chi connectivity index (χ0) is 16.9. The Balaban J connectivity index is 0.00000225. The maximum atomic E-state index is 10.9. The lowest BCUT2D eigenvalue weighted by Crippen LogP contribution is -3.02. The first-order valence-corrected chi connectivity index (χ1v) is 8.48. The molecule has 1 aliphatic heterocycles. The molecule has 1 atom stereocenters. The molecule has 0 saturated carbocycles. The number of nitrogens with zero attached hydrogens (tertiary/aromatic N) is 1. The fraction of sp³-hybridized carbons (Fsp3) is 0.158. The second-order valence-electron chi connectivity index (χ2n) is 5.63. The van der Waals surface area contributed by atoms with E-state index in [4.69, 9.17) is 4.74 Å². The monoisotopic (exact) mass is 420 g/mol. The van der Waals surface area contributed by atoms with Crippen LogP contribution >= 0.6 is 15.9 Å². The van der Waals surface area contributed by atoms with Crippen molar-refractivity contribution in [3.8, 4) is 5.75 Å². The van der Waals surface area contributed by atoms with Gasteiger partial charge >= 0.3 is 0 Å². The second-order valence-corrected chi connectivity index (χ2v) is 6.55. The standard InChI is InChI=1S/C19H17BrN2O2.ClH/c1-14-9-18(12-23)21-22(14)11-16-10-17(20)7-8-19(16)24-13-15-5-3-2-4-6-15;/h2-10,12H,11,13H2,1H3;1H. The topological polar surface area (TPSA) is 43.1 Å². The number of nitrogens with one attached hydrogen (secondary N) is 1. The van der Waals surface area contributed by atoms with E-state index in [1.807, 2.05) is 61.5 Å². The summed E-state index contributed by atoms with van der Waals surface area (Å²) in [5, 5.41) is 5.28. The molecule has 0 fully saturated rings. The number of carbonyl (C=O) groups is 1. The molecule has 0 radical (unpaired) electrons. The molecule has 0 aliphatic carbocycles. The number of hydrogen-bond acceptors (Lipinski definition) is 3. The normalized spacial score (nSPS) is 15.8. The Morgan fingerprint density at radius 3 is 2.64 bits per heavy atom. The van der Waals surface area contributed by atoms with Gasteiger partial charge < -0.3 is 17.1 Å². The van der Waals surface area contributed by atoms with Crippen LogP contribution in [0.1, 0.15) is 18.1 Å². The Hall–Kier alpha value is -1.95. The quantitative estimate of drug-likeness (QED) is 0.662. The van der Waals surface area contributed by atoms with E-state index in [1.165, 1.54) is 0 Å². The molecule has 0 bridgehead atoms. The SMILES string of the molecule is CC1=CC(C=O)=N[NH+]1Cc1cc(Br)ccc1OCc1ccccc1.[Cl-]. The van der Waals surface area contributed by atoms with E-state index in [-0.39, 0.29) is 12.4 Å². The van der Waals surface area contributed by atoms with E-state index in [2.05, 4.69) is 21.0 Å². The Labute approximate surface area is 161 Å². The van der Waals surface area contributed by atoms with E-state index in [0.717, 1.165) is 38.3 Å². The third kappa shape index (κ3) is 5.01. The lowest BCUT2D eigenvalue weighted by atomic mass is 10.2.